The van der Waals surface area contributed by atoms with Crippen LogP contribution < -0.4 is 5.32 Å². The maximum absolute atomic E-state index is 4.79. The molecule has 0 amide bonds. The number of fused-ring (bicyclic) bond motifs is 1. The molecule has 0 bridgehead atoms. The van der Waals surface area contributed by atoms with E-state index in [-0.39, 0.29) is 11.5 Å². The zero-order valence-electron chi connectivity index (χ0n) is 24.7. The largest absolute Gasteiger partial charge is 0.354 e. The topological polar surface area (TPSA) is 40.7 Å². The Hall–Kier alpha value is -3.43. The first-order valence-corrected chi connectivity index (χ1v) is 14.3. The fraction of sp³-hybridized carbons (Fsp3) is 0.361. The Morgan fingerprint density at radius 1 is 1.05 bits per heavy atom. The third-order valence-corrected chi connectivity index (χ3v) is 7.82. The van der Waals surface area contributed by atoms with Crippen molar-refractivity contribution < 1.29 is 0 Å². The van der Waals surface area contributed by atoms with Gasteiger partial charge in [-0.2, -0.15) is 0 Å². The molecule has 204 valence electrons. The molecule has 0 aliphatic rings. The molecule has 3 nitrogen and oxygen atoms in total. The van der Waals surface area contributed by atoms with Crippen molar-refractivity contribution in [3.63, 3.8) is 0 Å². The summed E-state index contributed by atoms with van der Waals surface area (Å²) in [5.41, 5.74) is 11.4. The van der Waals surface area contributed by atoms with Crippen molar-refractivity contribution in [1.82, 2.24) is 15.3 Å². The quantitative estimate of drug-likeness (QED) is 0.183. The highest BCUT2D eigenvalue weighted by molar-refractivity contribution is 5.94. The van der Waals surface area contributed by atoms with Crippen molar-refractivity contribution in [2.75, 3.05) is 7.05 Å². The van der Waals surface area contributed by atoms with Crippen LogP contribution in [0.15, 0.2) is 80.0 Å². The lowest BCUT2D eigenvalue weighted by molar-refractivity contribution is 0.337. The molecule has 2 aromatic heterocycles. The van der Waals surface area contributed by atoms with E-state index in [0.717, 1.165) is 31.4 Å². The van der Waals surface area contributed by atoms with Crippen LogP contribution in [-0.4, -0.2) is 23.1 Å². The van der Waals surface area contributed by atoms with Gasteiger partial charge in [0.05, 0.1) is 11.4 Å². The molecule has 0 saturated heterocycles. The van der Waals surface area contributed by atoms with Gasteiger partial charge in [-0.3, -0.25) is 4.98 Å². The lowest BCUT2D eigenvalue weighted by atomic mass is 9.80. The average molecular weight is 520 g/mol. The van der Waals surface area contributed by atoms with Crippen LogP contribution in [0.4, 0.5) is 0 Å². The van der Waals surface area contributed by atoms with Crippen molar-refractivity contribution in [3.05, 3.63) is 102 Å². The molecule has 3 heteroatoms. The fourth-order valence-corrected chi connectivity index (χ4v) is 5.69. The number of rotatable bonds is 12. The summed E-state index contributed by atoms with van der Waals surface area (Å²) in [4.78, 5) is 8.61. The predicted molar refractivity (Wildman–Crippen MR) is 169 cm³/mol. The standard InChI is InChI=1S/C36H45N3/c1-9-11-16-36(6,7)23-32-31-22-27(28-19-25(5)18-26(20-28)21-29(10-2)37-8)14-15-33(31)39-35(32)30-13-12-17-38-34(30)24(3)4/h9-10,12-15,17-20,22,24,29,37,39H,1-2,11,16,21,23H2,3-8H3. The number of H-pyrrole nitrogens is 1. The highest BCUT2D eigenvalue weighted by atomic mass is 14.9. The van der Waals surface area contributed by atoms with Crippen LogP contribution in [-0.2, 0) is 12.8 Å². The van der Waals surface area contributed by atoms with Gasteiger partial charge in [0.1, 0.15) is 0 Å². The second-order valence-corrected chi connectivity index (χ2v) is 12.0. The van der Waals surface area contributed by atoms with Gasteiger partial charge < -0.3 is 10.3 Å². The van der Waals surface area contributed by atoms with Crippen LogP contribution in [0, 0.1) is 12.3 Å². The van der Waals surface area contributed by atoms with Crippen molar-refractivity contribution in [2.45, 2.75) is 72.3 Å². The van der Waals surface area contributed by atoms with Crippen LogP contribution in [0.25, 0.3) is 33.3 Å². The molecule has 0 aliphatic heterocycles. The van der Waals surface area contributed by atoms with Crippen LogP contribution in [0.2, 0.25) is 0 Å². The highest BCUT2D eigenvalue weighted by Crippen LogP contribution is 2.40. The molecule has 4 aromatic rings. The highest BCUT2D eigenvalue weighted by Gasteiger charge is 2.25. The van der Waals surface area contributed by atoms with E-state index < -0.39 is 0 Å². The van der Waals surface area contributed by atoms with Gasteiger partial charge in [-0.1, -0.05) is 69.7 Å². The minimum Gasteiger partial charge on any atom is -0.354 e. The summed E-state index contributed by atoms with van der Waals surface area (Å²) < 4.78 is 0. The van der Waals surface area contributed by atoms with E-state index in [4.69, 9.17) is 4.98 Å². The van der Waals surface area contributed by atoms with Crippen molar-refractivity contribution in [3.8, 4) is 22.4 Å². The molecule has 39 heavy (non-hydrogen) atoms. The first kappa shape index (κ1) is 28.6. The maximum Gasteiger partial charge on any atom is 0.0522 e. The minimum absolute atomic E-state index is 0.137. The monoisotopic (exact) mass is 519 g/mol. The number of allylic oxidation sites excluding steroid dienone is 1. The van der Waals surface area contributed by atoms with Crippen LogP contribution >= 0.6 is 0 Å². The summed E-state index contributed by atoms with van der Waals surface area (Å²) in [6.45, 7) is 19.3. The van der Waals surface area contributed by atoms with Gasteiger partial charge in [-0.25, -0.2) is 0 Å². The molecule has 2 aromatic carbocycles. The second-order valence-electron chi connectivity index (χ2n) is 12.0. The van der Waals surface area contributed by atoms with Crippen LogP contribution in [0.1, 0.15) is 68.8 Å². The van der Waals surface area contributed by atoms with E-state index in [9.17, 15) is 0 Å². The van der Waals surface area contributed by atoms with Gasteiger partial charge in [-0.15, -0.1) is 13.2 Å². The zero-order valence-corrected chi connectivity index (χ0v) is 24.7. The van der Waals surface area contributed by atoms with Gasteiger partial charge >= 0.3 is 0 Å². The normalized spacial score (nSPS) is 12.7. The average Bonchev–Trinajstić information content (AvgIpc) is 3.26. The molecule has 1 unspecified atom stereocenters. The Bertz CT molecular complexity index is 1450. The first-order chi connectivity index (χ1) is 18.7. The maximum atomic E-state index is 4.79. The summed E-state index contributed by atoms with van der Waals surface area (Å²) in [5.74, 6) is 0.340. The van der Waals surface area contributed by atoms with Gasteiger partial charge in [0.15, 0.2) is 0 Å². The van der Waals surface area contributed by atoms with Gasteiger partial charge in [-0.05, 0) is 97.5 Å². The number of hydrogen-bond donors (Lipinski definition) is 2. The summed E-state index contributed by atoms with van der Waals surface area (Å²) in [6, 6.07) is 18.3. The number of aryl methyl sites for hydroxylation is 1. The summed E-state index contributed by atoms with van der Waals surface area (Å²) in [7, 11) is 1.99. The number of nitrogens with one attached hydrogen (secondary N) is 2. The molecular formula is C36H45N3. The number of likely N-dealkylation sites (N-methyl/N-ethyl adjacent to an activating group) is 1. The van der Waals surface area contributed by atoms with Crippen molar-refractivity contribution in [2.24, 2.45) is 5.41 Å². The molecular weight excluding hydrogens is 474 g/mol. The van der Waals surface area contributed by atoms with Crippen LogP contribution in [0.5, 0.6) is 0 Å². The summed E-state index contributed by atoms with van der Waals surface area (Å²) in [5, 5.41) is 4.64. The van der Waals surface area contributed by atoms with E-state index in [1.54, 1.807) is 0 Å². The van der Waals surface area contributed by atoms with E-state index in [0.29, 0.717) is 5.92 Å². The number of pyridine rings is 1. The molecule has 1 atom stereocenters. The van der Waals surface area contributed by atoms with E-state index in [1.165, 1.54) is 50.0 Å². The minimum atomic E-state index is 0.137. The summed E-state index contributed by atoms with van der Waals surface area (Å²) >= 11 is 0. The van der Waals surface area contributed by atoms with E-state index >= 15 is 0 Å². The second kappa shape index (κ2) is 12.2. The van der Waals surface area contributed by atoms with Crippen molar-refractivity contribution in [1.29, 1.82) is 0 Å². The Labute approximate surface area is 235 Å². The molecule has 2 N–H and O–H groups in total. The number of aromatic nitrogens is 2. The third-order valence-electron chi connectivity index (χ3n) is 7.82. The Kier molecular flexibility index (Phi) is 8.92. The molecule has 0 aliphatic carbocycles. The Morgan fingerprint density at radius 3 is 2.54 bits per heavy atom. The van der Waals surface area contributed by atoms with Gasteiger partial charge in [0.25, 0.3) is 0 Å². The Morgan fingerprint density at radius 2 is 1.85 bits per heavy atom. The molecule has 2 heterocycles. The van der Waals surface area contributed by atoms with Crippen molar-refractivity contribution >= 4 is 10.9 Å². The number of nitrogens with zero attached hydrogens (tertiary/aromatic N) is 1. The zero-order chi connectivity index (χ0) is 28.2. The number of hydrogen-bond acceptors (Lipinski definition) is 2. The van der Waals surface area contributed by atoms with Crippen LogP contribution in [0.3, 0.4) is 0 Å². The molecule has 0 saturated carbocycles. The van der Waals surface area contributed by atoms with E-state index in [1.807, 2.05) is 25.4 Å². The lowest BCUT2D eigenvalue weighted by Gasteiger charge is -2.25. The molecule has 0 radical (unpaired) electrons. The van der Waals surface area contributed by atoms with Gasteiger partial charge in [0, 0.05) is 28.7 Å². The molecule has 0 spiro atoms. The predicted octanol–water partition coefficient (Wildman–Crippen LogP) is 9.18. The number of aromatic amines is 1. The Balaban J connectivity index is 1.88. The number of benzene rings is 2. The lowest BCUT2D eigenvalue weighted by Crippen LogP contribution is -2.24. The summed E-state index contributed by atoms with van der Waals surface area (Å²) in [6.07, 6.45) is 9.96. The van der Waals surface area contributed by atoms with E-state index in [2.05, 4.69) is 107 Å². The SMILES string of the molecule is C=CCCC(C)(C)Cc1c(-c2cccnc2C(C)C)[nH]c2ccc(-c3cc(C)cc(CC(C=C)NC)c3)cc12. The fourth-order valence-electron chi connectivity index (χ4n) is 5.69. The smallest absolute Gasteiger partial charge is 0.0522 e. The first-order valence-electron chi connectivity index (χ1n) is 14.3. The van der Waals surface area contributed by atoms with Gasteiger partial charge in [0.2, 0.25) is 0 Å². The third kappa shape index (κ3) is 6.59. The molecule has 0 fully saturated rings. The molecule has 4 rings (SSSR count).